The van der Waals surface area contributed by atoms with Crippen molar-refractivity contribution in [2.75, 3.05) is 13.1 Å². The van der Waals surface area contributed by atoms with E-state index in [1.165, 1.54) is 0 Å². The Balaban J connectivity index is 1.99. The number of carbonyl (C=O) groups excluding carboxylic acids is 1. The van der Waals surface area contributed by atoms with Gasteiger partial charge in [-0.1, -0.05) is 29.3 Å². The maximum atomic E-state index is 12.4. The molecule has 1 amide bonds. The number of nitrogens with one attached hydrogen (secondary N) is 1. The zero-order valence-corrected chi connectivity index (χ0v) is 17.4. The Kier molecular flexibility index (Phi) is 6.82. The summed E-state index contributed by atoms with van der Waals surface area (Å²) in [4.78, 5) is 13.8. The van der Waals surface area contributed by atoms with Gasteiger partial charge in [0.05, 0.1) is 5.75 Å². The number of benzene rings is 1. The van der Waals surface area contributed by atoms with Gasteiger partial charge in [-0.05, 0) is 45.7 Å². The fraction of sp³-hybridized carbons (Fsp3) is 0.588. The molecule has 9 heteroatoms. The summed E-state index contributed by atoms with van der Waals surface area (Å²) in [5.74, 6) is -0.315. The van der Waals surface area contributed by atoms with Gasteiger partial charge in [-0.2, -0.15) is 0 Å². The van der Waals surface area contributed by atoms with Crippen molar-refractivity contribution < 1.29 is 17.9 Å². The van der Waals surface area contributed by atoms with Crippen LogP contribution in [-0.4, -0.2) is 44.1 Å². The third-order valence-electron chi connectivity index (χ3n) is 3.94. The van der Waals surface area contributed by atoms with E-state index in [1.54, 1.807) is 43.9 Å². The summed E-state index contributed by atoms with van der Waals surface area (Å²) < 4.78 is 32.7. The maximum absolute atomic E-state index is 12.4. The number of sulfonamides is 1. The molecule has 6 nitrogen and oxygen atoms in total. The summed E-state index contributed by atoms with van der Waals surface area (Å²) in [6.07, 6.45) is 1.10. The zero-order valence-electron chi connectivity index (χ0n) is 15.1. The van der Waals surface area contributed by atoms with E-state index in [4.69, 9.17) is 27.9 Å². The molecule has 0 spiro atoms. The van der Waals surface area contributed by atoms with Crippen LogP contribution in [0.3, 0.4) is 0 Å². The Hall–Kier alpha value is -1.02. The monoisotopic (exact) mass is 422 g/mol. The lowest BCUT2D eigenvalue weighted by Gasteiger charge is -2.28. The molecule has 1 N–H and O–H groups in total. The van der Waals surface area contributed by atoms with Gasteiger partial charge >= 0.3 is 6.09 Å². The lowest BCUT2D eigenvalue weighted by atomic mass is 10.2. The first-order valence-corrected chi connectivity index (χ1v) is 10.8. The second-order valence-corrected chi connectivity index (χ2v) is 9.90. The van der Waals surface area contributed by atoms with Gasteiger partial charge in [0.2, 0.25) is 10.0 Å². The van der Waals surface area contributed by atoms with E-state index in [0.29, 0.717) is 28.6 Å². The third-order valence-corrected chi connectivity index (χ3v) is 5.92. The normalized spacial score (nSPS) is 18.2. The van der Waals surface area contributed by atoms with Crippen molar-refractivity contribution in [1.82, 2.24) is 9.62 Å². The maximum Gasteiger partial charge on any atom is 0.410 e. The number of hydrogen-bond donors (Lipinski definition) is 1. The van der Waals surface area contributed by atoms with Crippen molar-refractivity contribution in [2.24, 2.45) is 0 Å². The van der Waals surface area contributed by atoms with Crippen molar-refractivity contribution >= 4 is 39.3 Å². The van der Waals surface area contributed by atoms with Gasteiger partial charge in [-0.25, -0.2) is 17.9 Å². The molecule has 1 atom stereocenters. The SMILES string of the molecule is CC(C)(C)OC(=O)N1CCCC1CNS(=O)(=O)Cc1c(Cl)cccc1Cl. The molecule has 1 heterocycles. The molecule has 0 aliphatic carbocycles. The number of nitrogens with zero attached hydrogens (tertiary/aromatic N) is 1. The first-order chi connectivity index (χ1) is 12.0. The number of likely N-dealkylation sites (tertiary alicyclic amines) is 1. The first kappa shape index (κ1) is 21.3. The molecule has 0 saturated carbocycles. The molecule has 0 bridgehead atoms. The van der Waals surface area contributed by atoms with Crippen molar-refractivity contribution in [3.8, 4) is 0 Å². The largest absolute Gasteiger partial charge is 0.444 e. The van der Waals surface area contributed by atoms with Crippen molar-refractivity contribution in [2.45, 2.75) is 51.0 Å². The average molecular weight is 423 g/mol. The van der Waals surface area contributed by atoms with Crippen molar-refractivity contribution in [1.29, 1.82) is 0 Å². The molecule has 0 aromatic heterocycles. The highest BCUT2D eigenvalue weighted by Gasteiger charge is 2.32. The first-order valence-electron chi connectivity index (χ1n) is 8.38. The number of amides is 1. The van der Waals surface area contributed by atoms with E-state index in [9.17, 15) is 13.2 Å². The van der Waals surface area contributed by atoms with E-state index >= 15 is 0 Å². The van der Waals surface area contributed by atoms with Crippen LogP contribution in [0.2, 0.25) is 10.0 Å². The van der Waals surface area contributed by atoms with Crippen LogP contribution in [0.1, 0.15) is 39.2 Å². The molecular weight excluding hydrogens is 399 g/mol. The molecule has 0 radical (unpaired) electrons. The number of hydrogen-bond acceptors (Lipinski definition) is 4. The Bertz CT molecular complexity index is 742. The zero-order chi connectivity index (χ0) is 19.5. The Morgan fingerprint density at radius 3 is 2.50 bits per heavy atom. The summed E-state index contributed by atoms with van der Waals surface area (Å²) in [6.45, 7) is 6.07. The molecule has 146 valence electrons. The highest BCUT2D eigenvalue weighted by atomic mass is 35.5. The fourth-order valence-electron chi connectivity index (χ4n) is 2.74. The second kappa shape index (κ2) is 8.33. The summed E-state index contributed by atoms with van der Waals surface area (Å²) in [6, 6.07) is 4.62. The summed E-state index contributed by atoms with van der Waals surface area (Å²) in [5, 5.41) is 0.609. The van der Waals surface area contributed by atoms with E-state index in [-0.39, 0.29) is 18.3 Å². The number of ether oxygens (including phenoxy) is 1. The quantitative estimate of drug-likeness (QED) is 0.782. The molecular formula is C17H24Cl2N2O4S. The van der Waals surface area contributed by atoms with Gasteiger partial charge in [0.1, 0.15) is 5.60 Å². The van der Waals surface area contributed by atoms with Crippen LogP contribution in [0.5, 0.6) is 0 Å². The molecule has 2 rings (SSSR count). The minimum absolute atomic E-state index is 0.129. The Labute approximate surface area is 164 Å². The van der Waals surface area contributed by atoms with Crippen LogP contribution in [0.25, 0.3) is 0 Å². The van der Waals surface area contributed by atoms with Gasteiger partial charge in [-0.3, -0.25) is 0 Å². The minimum Gasteiger partial charge on any atom is -0.444 e. The number of halogens is 2. The van der Waals surface area contributed by atoms with Crippen LogP contribution < -0.4 is 4.72 Å². The summed E-state index contributed by atoms with van der Waals surface area (Å²) >= 11 is 12.1. The van der Waals surface area contributed by atoms with Crippen LogP contribution in [0.15, 0.2) is 18.2 Å². The van der Waals surface area contributed by atoms with E-state index in [1.807, 2.05) is 0 Å². The second-order valence-electron chi connectivity index (χ2n) is 7.28. The van der Waals surface area contributed by atoms with Crippen LogP contribution in [0, 0.1) is 0 Å². The highest BCUT2D eigenvalue weighted by molar-refractivity contribution is 7.88. The van der Waals surface area contributed by atoms with Gasteiger partial charge < -0.3 is 9.64 Å². The van der Waals surface area contributed by atoms with Crippen LogP contribution in [-0.2, 0) is 20.5 Å². The lowest BCUT2D eigenvalue weighted by Crippen LogP contribution is -2.45. The Morgan fingerprint density at radius 2 is 1.92 bits per heavy atom. The summed E-state index contributed by atoms with van der Waals surface area (Å²) in [7, 11) is -3.65. The van der Waals surface area contributed by atoms with Gasteiger partial charge in [0.15, 0.2) is 0 Å². The number of rotatable bonds is 5. The molecule has 1 fully saturated rings. The molecule has 26 heavy (non-hydrogen) atoms. The molecule has 1 aromatic carbocycles. The molecule has 1 unspecified atom stereocenters. The highest BCUT2D eigenvalue weighted by Crippen LogP contribution is 2.26. The smallest absolute Gasteiger partial charge is 0.410 e. The standard InChI is InChI=1S/C17H24Cl2N2O4S/c1-17(2,3)25-16(22)21-9-5-6-12(21)10-20-26(23,24)11-13-14(18)7-4-8-15(13)19/h4,7-8,12,20H,5-6,9-11H2,1-3H3. The fourth-order valence-corrected chi connectivity index (χ4v) is 4.67. The van der Waals surface area contributed by atoms with E-state index in [2.05, 4.69) is 4.72 Å². The number of carbonyl (C=O) groups is 1. The molecule has 1 aliphatic heterocycles. The van der Waals surface area contributed by atoms with Crippen LogP contribution >= 0.6 is 23.2 Å². The molecule has 1 aromatic rings. The Morgan fingerprint density at radius 1 is 1.31 bits per heavy atom. The van der Waals surface area contributed by atoms with Crippen molar-refractivity contribution in [3.05, 3.63) is 33.8 Å². The minimum atomic E-state index is -3.65. The predicted molar refractivity (Wildman–Crippen MR) is 103 cm³/mol. The third kappa shape index (κ3) is 6.01. The molecule has 1 aliphatic rings. The van der Waals surface area contributed by atoms with E-state index in [0.717, 1.165) is 6.42 Å². The van der Waals surface area contributed by atoms with E-state index < -0.39 is 21.7 Å². The van der Waals surface area contributed by atoms with Crippen molar-refractivity contribution in [3.63, 3.8) is 0 Å². The topological polar surface area (TPSA) is 75.7 Å². The molecule has 1 saturated heterocycles. The van der Waals surface area contributed by atoms with Gasteiger partial charge in [0, 0.05) is 34.7 Å². The van der Waals surface area contributed by atoms with Gasteiger partial charge in [-0.15, -0.1) is 0 Å². The lowest BCUT2D eigenvalue weighted by molar-refractivity contribution is 0.0229. The summed E-state index contributed by atoms with van der Waals surface area (Å²) in [5.41, 5.74) is -0.233. The van der Waals surface area contributed by atoms with Gasteiger partial charge in [0.25, 0.3) is 0 Å². The average Bonchev–Trinajstić information content (AvgIpc) is 2.96. The van der Waals surface area contributed by atoms with Crippen LogP contribution in [0.4, 0.5) is 4.79 Å². The predicted octanol–water partition coefficient (Wildman–Crippen LogP) is 3.81.